The summed E-state index contributed by atoms with van der Waals surface area (Å²) in [6.07, 6.45) is 0. The van der Waals surface area contributed by atoms with Crippen LogP contribution in [0.25, 0.3) is 17.0 Å². The predicted molar refractivity (Wildman–Crippen MR) is 63.8 cm³/mol. The zero-order valence-corrected chi connectivity index (χ0v) is 9.21. The monoisotopic (exact) mass is 226 g/mol. The van der Waals surface area contributed by atoms with Crippen molar-refractivity contribution in [2.75, 3.05) is 0 Å². The van der Waals surface area contributed by atoms with E-state index in [0.717, 1.165) is 5.56 Å². The van der Waals surface area contributed by atoms with E-state index in [9.17, 15) is 4.79 Å². The van der Waals surface area contributed by atoms with Gasteiger partial charge in [-0.2, -0.15) is 0 Å². The molecule has 3 aromatic rings. The van der Waals surface area contributed by atoms with E-state index >= 15 is 0 Å². The third kappa shape index (κ3) is 1.52. The number of H-pyrrole nitrogens is 1. The molecule has 3 rings (SSSR count). The van der Waals surface area contributed by atoms with Gasteiger partial charge in [-0.25, -0.2) is 4.52 Å². The second kappa shape index (κ2) is 3.55. The van der Waals surface area contributed by atoms with Crippen LogP contribution in [0.2, 0.25) is 0 Å². The van der Waals surface area contributed by atoms with E-state index < -0.39 is 0 Å². The maximum Gasteiger partial charge on any atom is 0.265 e. The summed E-state index contributed by atoms with van der Waals surface area (Å²) < 4.78 is 1.60. The summed E-state index contributed by atoms with van der Waals surface area (Å²) in [5.41, 5.74) is 2.06. The molecule has 1 aromatic carbocycles. The average Bonchev–Trinajstić information content (AvgIpc) is 2.74. The summed E-state index contributed by atoms with van der Waals surface area (Å²) in [5, 5.41) is 10.9. The lowest BCUT2D eigenvalue weighted by molar-refractivity contribution is 0.894. The molecular weight excluding hydrogens is 216 g/mol. The zero-order chi connectivity index (χ0) is 11.8. The maximum atomic E-state index is 11.6. The largest absolute Gasteiger partial charge is 0.268 e. The van der Waals surface area contributed by atoms with E-state index in [4.69, 9.17) is 0 Å². The Morgan fingerprint density at radius 2 is 1.94 bits per heavy atom. The molecule has 17 heavy (non-hydrogen) atoms. The molecule has 84 valence electrons. The summed E-state index contributed by atoms with van der Waals surface area (Å²) in [5.74, 6) is 0.637. The lowest BCUT2D eigenvalue weighted by Gasteiger charge is -1.99. The third-order valence-electron chi connectivity index (χ3n) is 2.64. The van der Waals surface area contributed by atoms with Gasteiger partial charge in [-0.3, -0.25) is 9.89 Å². The summed E-state index contributed by atoms with van der Waals surface area (Å²) in [7, 11) is 0. The van der Waals surface area contributed by atoms with Crippen molar-refractivity contribution in [1.29, 1.82) is 0 Å². The van der Waals surface area contributed by atoms with Gasteiger partial charge in [-0.05, 0) is 13.0 Å². The highest BCUT2D eigenvalue weighted by Gasteiger charge is 2.08. The Morgan fingerprint density at radius 1 is 1.18 bits per heavy atom. The number of aryl methyl sites for hydroxylation is 1. The van der Waals surface area contributed by atoms with Crippen LogP contribution in [0, 0.1) is 6.92 Å². The molecule has 0 atom stereocenters. The van der Waals surface area contributed by atoms with Gasteiger partial charge in [0.2, 0.25) is 0 Å². The molecule has 1 N–H and O–H groups in total. The molecule has 2 aromatic heterocycles. The summed E-state index contributed by atoms with van der Waals surface area (Å²) in [6.45, 7) is 1.75. The maximum absolute atomic E-state index is 11.6. The van der Waals surface area contributed by atoms with Crippen LogP contribution in [0.3, 0.4) is 0 Å². The number of nitrogens with one attached hydrogen (secondary N) is 1. The van der Waals surface area contributed by atoms with E-state index in [-0.39, 0.29) is 5.56 Å². The number of aromatic nitrogens is 4. The van der Waals surface area contributed by atoms with Crippen molar-refractivity contribution >= 4 is 5.65 Å². The second-order valence-electron chi connectivity index (χ2n) is 3.85. The molecule has 5 nitrogen and oxygen atoms in total. The van der Waals surface area contributed by atoms with E-state index in [0.29, 0.717) is 17.0 Å². The molecule has 5 heteroatoms. The predicted octanol–water partition coefficient (Wildman–Crippen LogP) is 1.39. The molecular formula is C12H10N4O. The van der Waals surface area contributed by atoms with Crippen LogP contribution < -0.4 is 5.56 Å². The van der Waals surface area contributed by atoms with Gasteiger partial charge >= 0.3 is 0 Å². The summed E-state index contributed by atoms with van der Waals surface area (Å²) >= 11 is 0. The summed E-state index contributed by atoms with van der Waals surface area (Å²) in [6, 6.07) is 11.3. The standard InChI is InChI=1S/C12H10N4O/c1-8-7-10-13-14-11(16(10)15-12(8)17)9-5-3-2-4-6-9/h2-7H,1H3,(H,15,17). The normalized spacial score (nSPS) is 10.9. The van der Waals surface area contributed by atoms with Crippen molar-refractivity contribution in [1.82, 2.24) is 19.8 Å². The molecule has 0 amide bonds. The lowest BCUT2D eigenvalue weighted by Crippen LogP contribution is -2.14. The highest BCUT2D eigenvalue weighted by atomic mass is 16.1. The second-order valence-corrected chi connectivity index (χ2v) is 3.85. The smallest absolute Gasteiger partial charge is 0.265 e. The number of aromatic amines is 1. The van der Waals surface area contributed by atoms with Crippen molar-refractivity contribution in [2.24, 2.45) is 0 Å². The van der Waals surface area contributed by atoms with Crippen LogP contribution in [0.4, 0.5) is 0 Å². The minimum absolute atomic E-state index is 0.130. The molecule has 0 fully saturated rings. The molecule has 0 bridgehead atoms. The fourth-order valence-electron chi connectivity index (χ4n) is 1.72. The van der Waals surface area contributed by atoms with Gasteiger partial charge in [0.05, 0.1) is 0 Å². The Hall–Kier alpha value is -2.43. The van der Waals surface area contributed by atoms with Gasteiger partial charge < -0.3 is 0 Å². The first kappa shape index (κ1) is 9.77. The number of hydrogen-bond donors (Lipinski definition) is 1. The van der Waals surface area contributed by atoms with Gasteiger partial charge in [-0.1, -0.05) is 30.3 Å². The Bertz CT molecular complexity index is 727. The van der Waals surface area contributed by atoms with E-state index in [1.54, 1.807) is 17.5 Å². The summed E-state index contributed by atoms with van der Waals surface area (Å²) in [4.78, 5) is 11.6. The van der Waals surface area contributed by atoms with Crippen LogP contribution in [-0.2, 0) is 0 Å². The fraction of sp³-hybridized carbons (Fsp3) is 0.0833. The molecule has 0 aliphatic rings. The van der Waals surface area contributed by atoms with Crippen molar-refractivity contribution < 1.29 is 0 Å². The van der Waals surface area contributed by atoms with Crippen LogP contribution in [0.15, 0.2) is 41.2 Å². The van der Waals surface area contributed by atoms with E-state index in [1.807, 2.05) is 30.3 Å². The Balaban J connectivity index is 2.32. The van der Waals surface area contributed by atoms with Gasteiger partial charge in [0.15, 0.2) is 11.5 Å². The quantitative estimate of drug-likeness (QED) is 0.682. The topological polar surface area (TPSA) is 63.1 Å². The lowest BCUT2D eigenvalue weighted by atomic mass is 10.2. The zero-order valence-electron chi connectivity index (χ0n) is 9.21. The molecule has 2 heterocycles. The Kier molecular flexibility index (Phi) is 2.04. The van der Waals surface area contributed by atoms with Gasteiger partial charge in [0, 0.05) is 11.1 Å². The van der Waals surface area contributed by atoms with E-state index in [2.05, 4.69) is 15.3 Å². The van der Waals surface area contributed by atoms with E-state index in [1.165, 1.54) is 0 Å². The van der Waals surface area contributed by atoms with Crippen LogP contribution >= 0.6 is 0 Å². The first-order chi connectivity index (χ1) is 8.25. The van der Waals surface area contributed by atoms with Crippen LogP contribution in [0.1, 0.15) is 5.56 Å². The third-order valence-corrected chi connectivity index (χ3v) is 2.64. The molecule has 0 aliphatic heterocycles. The van der Waals surface area contributed by atoms with Crippen molar-refractivity contribution in [3.63, 3.8) is 0 Å². The number of hydrogen-bond acceptors (Lipinski definition) is 3. The molecule has 0 spiro atoms. The van der Waals surface area contributed by atoms with Crippen molar-refractivity contribution in [3.05, 3.63) is 52.3 Å². The molecule has 0 aliphatic carbocycles. The van der Waals surface area contributed by atoms with Crippen LogP contribution in [0.5, 0.6) is 0 Å². The number of rotatable bonds is 1. The number of benzene rings is 1. The van der Waals surface area contributed by atoms with Crippen molar-refractivity contribution in [3.8, 4) is 11.4 Å². The van der Waals surface area contributed by atoms with Crippen molar-refractivity contribution in [2.45, 2.75) is 6.92 Å². The van der Waals surface area contributed by atoms with Gasteiger partial charge in [-0.15, -0.1) is 10.2 Å². The minimum atomic E-state index is -0.130. The molecule has 0 radical (unpaired) electrons. The Labute approximate surface area is 96.7 Å². The Morgan fingerprint density at radius 3 is 2.71 bits per heavy atom. The average molecular weight is 226 g/mol. The highest BCUT2D eigenvalue weighted by molar-refractivity contribution is 5.58. The fourth-order valence-corrected chi connectivity index (χ4v) is 1.72. The highest BCUT2D eigenvalue weighted by Crippen LogP contribution is 2.15. The molecule has 0 saturated heterocycles. The first-order valence-corrected chi connectivity index (χ1v) is 5.26. The first-order valence-electron chi connectivity index (χ1n) is 5.26. The number of fused-ring (bicyclic) bond motifs is 1. The minimum Gasteiger partial charge on any atom is -0.268 e. The van der Waals surface area contributed by atoms with Crippen LogP contribution in [-0.4, -0.2) is 19.8 Å². The van der Waals surface area contributed by atoms with Gasteiger partial charge in [0.25, 0.3) is 5.56 Å². The van der Waals surface area contributed by atoms with Gasteiger partial charge in [0.1, 0.15) is 0 Å². The molecule has 0 saturated carbocycles. The SMILES string of the molecule is Cc1cc2nnc(-c3ccccc3)n2[nH]c1=O. The molecule has 0 unspecified atom stereocenters. The number of nitrogens with zero attached hydrogens (tertiary/aromatic N) is 3.